The van der Waals surface area contributed by atoms with E-state index >= 15 is 0 Å². The van der Waals surface area contributed by atoms with Gasteiger partial charge in [-0.3, -0.25) is 19.7 Å². The van der Waals surface area contributed by atoms with Gasteiger partial charge in [0.15, 0.2) is 0 Å². The summed E-state index contributed by atoms with van der Waals surface area (Å²) in [6, 6.07) is 20.1. The molecule has 1 unspecified atom stereocenters. The second kappa shape index (κ2) is 10.4. The molecule has 0 aromatic heterocycles. The molecule has 0 radical (unpaired) electrons. The summed E-state index contributed by atoms with van der Waals surface area (Å²) in [6.07, 6.45) is 0. The standard InChI is InChI=1S/C22H18IN3O4S/c1-14(21(27)24-17-6-4-16(23)5-7-17)31-20-12-8-18(9-13-20)25-22(28)15-2-10-19(11-3-15)26(29)30/h2-14H,1H3,(H,24,27)(H,25,28). The molecular weight excluding hydrogens is 529 g/mol. The van der Waals surface area contributed by atoms with Gasteiger partial charge >= 0.3 is 0 Å². The molecule has 2 N–H and O–H groups in total. The fraction of sp³-hybridized carbons (Fsp3) is 0.0909. The molecule has 3 aromatic carbocycles. The van der Waals surface area contributed by atoms with Crippen molar-refractivity contribution in [3.63, 3.8) is 0 Å². The van der Waals surface area contributed by atoms with Crippen molar-refractivity contribution < 1.29 is 14.5 Å². The Bertz CT molecular complexity index is 1090. The Labute approximate surface area is 196 Å². The van der Waals surface area contributed by atoms with Crippen LogP contribution >= 0.6 is 34.4 Å². The lowest BCUT2D eigenvalue weighted by molar-refractivity contribution is -0.384. The number of nitro benzene ring substituents is 1. The van der Waals surface area contributed by atoms with Gasteiger partial charge in [-0.1, -0.05) is 0 Å². The predicted octanol–water partition coefficient (Wildman–Crippen LogP) is 5.57. The molecule has 3 rings (SSSR count). The molecular formula is C22H18IN3O4S. The van der Waals surface area contributed by atoms with E-state index in [0.29, 0.717) is 11.3 Å². The van der Waals surface area contributed by atoms with Gasteiger partial charge in [-0.05, 0) is 90.2 Å². The quantitative estimate of drug-likeness (QED) is 0.174. The molecule has 158 valence electrons. The van der Waals surface area contributed by atoms with Crippen molar-refractivity contribution in [2.45, 2.75) is 17.1 Å². The van der Waals surface area contributed by atoms with E-state index < -0.39 is 4.92 Å². The van der Waals surface area contributed by atoms with Crippen molar-refractivity contribution in [2.75, 3.05) is 10.6 Å². The molecule has 0 aliphatic heterocycles. The van der Waals surface area contributed by atoms with Crippen LogP contribution in [0.15, 0.2) is 77.7 Å². The number of non-ortho nitro benzene ring substituents is 1. The molecule has 0 bridgehead atoms. The van der Waals surface area contributed by atoms with Gasteiger partial charge in [-0.15, -0.1) is 11.8 Å². The van der Waals surface area contributed by atoms with Gasteiger partial charge in [-0.2, -0.15) is 0 Å². The van der Waals surface area contributed by atoms with Crippen molar-refractivity contribution in [2.24, 2.45) is 0 Å². The average molecular weight is 547 g/mol. The molecule has 0 saturated carbocycles. The minimum absolute atomic E-state index is 0.0712. The first-order valence-electron chi connectivity index (χ1n) is 9.21. The molecule has 9 heteroatoms. The van der Waals surface area contributed by atoms with Crippen LogP contribution in [0.25, 0.3) is 0 Å². The van der Waals surface area contributed by atoms with Crippen LogP contribution < -0.4 is 10.6 Å². The highest BCUT2D eigenvalue weighted by Crippen LogP contribution is 2.26. The van der Waals surface area contributed by atoms with Crippen LogP contribution in [0.5, 0.6) is 0 Å². The Morgan fingerprint density at radius 3 is 2.03 bits per heavy atom. The molecule has 0 aliphatic carbocycles. The van der Waals surface area contributed by atoms with E-state index in [-0.39, 0.29) is 22.8 Å². The summed E-state index contributed by atoms with van der Waals surface area (Å²) in [7, 11) is 0. The highest BCUT2D eigenvalue weighted by molar-refractivity contribution is 14.1. The van der Waals surface area contributed by atoms with Crippen molar-refractivity contribution in [3.8, 4) is 0 Å². The third-order valence-electron chi connectivity index (χ3n) is 4.25. The number of carbonyl (C=O) groups excluding carboxylic acids is 2. The normalized spacial score (nSPS) is 11.4. The zero-order valence-electron chi connectivity index (χ0n) is 16.4. The highest BCUT2D eigenvalue weighted by Gasteiger charge is 2.15. The lowest BCUT2D eigenvalue weighted by atomic mass is 10.2. The first-order chi connectivity index (χ1) is 14.8. The smallest absolute Gasteiger partial charge is 0.269 e. The summed E-state index contributed by atoms with van der Waals surface area (Å²) >= 11 is 3.62. The van der Waals surface area contributed by atoms with Gasteiger partial charge < -0.3 is 10.6 Å². The second-order valence-corrected chi connectivity index (χ2v) is 9.20. The lowest BCUT2D eigenvalue weighted by Gasteiger charge is -2.13. The highest BCUT2D eigenvalue weighted by atomic mass is 127. The number of amides is 2. The number of nitro groups is 1. The third-order valence-corrected chi connectivity index (χ3v) is 6.08. The molecule has 0 fully saturated rings. The number of carbonyl (C=O) groups is 2. The average Bonchev–Trinajstić information content (AvgIpc) is 2.76. The van der Waals surface area contributed by atoms with E-state index in [2.05, 4.69) is 33.2 Å². The number of halogens is 1. The number of benzene rings is 3. The number of thioether (sulfide) groups is 1. The summed E-state index contributed by atoms with van der Waals surface area (Å²) in [6.45, 7) is 1.83. The summed E-state index contributed by atoms with van der Waals surface area (Å²) in [5.41, 5.74) is 1.59. The van der Waals surface area contributed by atoms with E-state index in [1.807, 2.05) is 43.3 Å². The molecule has 0 aliphatic rings. The topological polar surface area (TPSA) is 101 Å². The van der Waals surface area contributed by atoms with Gasteiger partial charge in [0.05, 0.1) is 10.2 Å². The fourth-order valence-corrected chi connectivity index (χ4v) is 3.82. The van der Waals surface area contributed by atoms with Crippen LogP contribution in [0.4, 0.5) is 17.1 Å². The number of nitrogens with zero attached hydrogens (tertiary/aromatic N) is 1. The summed E-state index contributed by atoms with van der Waals surface area (Å²) < 4.78 is 1.10. The number of hydrogen-bond acceptors (Lipinski definition) is 5. The number of nitrogens with one attached hydrogen (secondary N) is 2. The van der Waals surface area contributed by atoms with Crippen LogP contribution in [0.2, 0.25) is 0 Å². The van der Waals surface area contributed by atoms with Gasteiger partial charge in [0.25, 0.3) is 11.6 Å². The van der Waals surface area contributed by atoms with E-state index in [0.717, 1.165) is 14.2 Å². The Morgan fingerprint density at radius 2 is 1.45 bits per heavy atom. The Morgan fingerprint density at radius 1 is 0.903 bits per heavy atom. The maximum Gasteiger partial charge on any atom is 0.269 e. The molecule has 0 spiro atoms. The van der Waals surface area contributed by atoms with E-state index in [1.54, 1.807) is 12.1 Å². The zero-order valence-corrected chi connectivity index (χ0v) is 19.3. The predicted molar refractivity (Wildman–Crippen MR) is 131 cm³/mol. The van der Waals surface area contributed by atoms with Gasteiger partial charge in [0.2, 0.25) is 5.91 Å². The summed E-state index contributed by atoms with van der Waals surface area (Å²) in [5.74, 6) is -0.456. The maximum absolute atomic E-state index is 12.4. The number of rotatable bonds is 7. The maximum atomic E-state index is 12.4. The first-order valence-corrected chi connectivity index (χ1v) is 11.2. The van der Waals surface area contributed by atoms with Crippen molar-refractivity contribution >= 4 is 63.2 Å². The minimum atomic E-state index is -0.514. The lowest BCUT2D eigenvalue weighted by Crippen LogP contribution is -2.22. The van der Waals surface area contributed by atoms with Crippen LogP contribution in [0.1, 0.15) is 17.3 Å². The van der Waals surface area contributed by atoms with Gasteiger partial charge in [0.1, 0.15) is 0 Å². The molecule has 1 atom stereocenters. The van der Waals surface area contributed by atoms with Crippen molar-refractivity contribution in [3.05, 3.63) is 92.0 Å². The molecule has 31 heavy (non-hydrogen) atoms. The first kappa shape index (κ1) is 22.8. The number of anilines is 2. The Kier molecular flexibility index (Phi) is 7.64. The molecule has 2 amide bonds. The van der Waals surface area contributed by atoms with E-state index in [4.69, 9.17) is 0 Å². The fourth-order valence-electron chi connectivity index (χ4n) is 2.59. The van der Waals surface area contributed by atoms with Gasteiger partial charge in [-0.25, -0.2) is 0 Å². The van der Waals surface area contributed by atoms with Crippen LogP contribution in [-0.4, -0.2) is 22.0 Å². The van der Waals surface area contributed by atoms with Crippen LogP contribution in [0.3, 0.4) is 0 Å². The molecule has 0 saturated heterocycles. The van der Waals surface area contributed by atoms with Crippen molar-refractivity contribution in [1.82, 2.24) is 0 Å². The Balaban J connectivity index is 1.55. The summed E-state index contributed by atoms with van der Waals surface area (Å²) in [4.78, 5) is 35.8. The largest absolute Gasteiger partial charge is 0.325 e. The SMILES string of the molecule is CC(Sc1ccc(NC(=O)c2ccc([N+](=O)[O-])cc2)cc1)C(=O)Nc1ccc(I)cc1. The monoisotopic (exact) mass is 547 g/mol. The third kappa shape index (κ3) is 6.53. The summed E-state index contributed by atoms with van der Waals surface area (Å²) in [5, 5.41) is 16.0. The second-order valence-electron chi connectivity index (χ2n) is 6.54. The van der Waals surface area contributed by atoms with Crippen LogP contribution in [-0.2, 0) is 4.79 Å². The van der Waals surface area contributed by atoms with Gasteiger partial charge in [0, 0.05) is 37.5 Å². The van der Waals surface area contributed by atoms with Crippen LogP contribution in [0, 0.1) is 13.7 Å². The van der Waals surface area contributed by atoms with E-state index in [9.17, 15) is 19.7 Å². The minimum Gasteiger partial charge on any atom is -0.325 e. The molecule has 3 aromatic rings. The Hall–Kier alpha value is -2.92. The van der Waals surface area contributed by atoms with E-state index in [1.165, 1.54) is 36.0 Å². The van der Waals surface area contributed by atoms with Crippen molar-refractivity contribution in [1.29, 1.82) is 0 Å². The molecule has 0 heterocycles. The number of hydrogen-bond donors (Lipinski definition) is 2. The molecule has 7 nitrogen and oxygen atoms in total. The zero-order chi connectivity index (χ0) is 22.4.